The van der Waals surface area contributed by atoms with Crippen LogP contribution in [-0.4, -0.2) is 39.2 Å². The monoisotopic (exact) mass is 443 g/mol. The quantitative estimate of drug-likeness (QED) is 0.319. The van der Waals surface area contributed by atoms with Crippen molar-refractivity contribution in [2.45, 2.75) is 25.5 Å². The Hall–Kier alpha value is -2.84. The summed E-state index contributed by atoms with van der Waals surface area (Å²) < 4.78 is 7.17. The predicted octanol–water partition coefficient (Wildman–Crippen LogP) is 4.26. The van der Waals surface area contributed by atoms with Gasteiger partial charge >= 0.3 is 0 Å². The Kier molecular flexibility index (Phi) is 7.48. The second kappa shape index (κ2) is 10.3. The van der Waals surface area contributed by atoms with Crippen LogP contribution in [0.1, 0.15) is 19.4 Å². The third kappa shape index (κ3) is 5.40. The molecule has 1 N–H and O–H groups in total. The number of halogens is 1. The van der Waals surface area contributed by atoms with Crippen LogP contribution in [0.5, 0.6) is 5.75 Å². The topological polar surface area (TPSA) is 81.4 Å². The molecule has 0 saturated carbocycles. The molecule has 0 spiro atoms. The number of nitrogens with one attached hydrogen (secondary N) is 1. The van der Waals surface area contributed by atoms with Gasteiger partial charge in [0.15, 0.2) is 11.0 Å². The number of hydrogen-bond donors (Lipinski definition) is 1. The van der Waals surface area contributed by atoms with Crippen molar-refractivity contribution in [3.63, 3.8) is 0 Å². The van der Waals surface area contributed by atoms with Crippen molar-refractivity contribution >= 4 is 35.0 Å². The van der Waals surface area contributed by atoms with Crippen LogP contribution in [0, 0.1) is 0 Å². The lowest BCUT2D eigenvalue weighted by Gasteiger charge is -2.08. The van der Waals surface area contributed by atoms with Crippen molar-refractivity contribution < 1.29 is 9.53 Å². The maximum absolute atomic E-state index is 12.2. The molecule has 3 aromatic rings. The number of hydrazone groups is 1. The Bertz CT molecular complexity index is 1030. The van der Waals surface area contributed by atoms with E-state index in [1.807, 2.05) is 54.8 Å². The number of methoxy groups -OCH3 is 1. The fraction of sp³-hybridized carbons (Fsp3) is 0.238. The fourth-order valence-corrected chi connectivity index (χ4v) is 3.62. The molecule has 0 fully saturated rings. The molecule has 30 heavy (non-hydrogen) atoms. The van der Waals surface area contributed by atoms with Gasteiger partial charge in [-0.2, -0.15) is 5.10 Å². The Balaban J connectivity index is 1.62. The summed E-state index contributed by atoms with van der Waals surface area (Å²) >= 11 is 7.21. The van der Waals surface area contributed by atoms with Crippen LogP contribution >= 0.6 is 23.4 Å². The number of carbonyl (C=O) groups is 1. The number of thioether (sulfide) groups is 1. The summed E-state index contributed by atoms with van der Waals surface area (Å²) in [5.41, 5.74) is 5.10. The first kappa shape index (κ1) is 21.9. The van der Waals surface area contributed by atoms with Crippen LogP contribution in [0.4, 0.5) is 0 Å². The minimum absolute atomic E-state index is 0.179. The van der Waals surface area contributed by atoms with Crippen LogP contribution in [0.15, 0.2) is 58.8 Å². The first-order chi connectivity index (χ1) is 14.5. The number of benzene rings is 2. The summed E-state index contributed by atoms with van der Waals surface area (Å²) in [7, 11) is 1.63. The lowest BCUT2D eigenvalue weighted by molar-refractivity contribution is -0.118. The molecule has 0 saturated heterocycles. The van der Waals surface area contributed by atoms with E-state index in [1.165, 1.54) is 11.8 Å². The van der Waals surface area contributed by atoms with E-state index in [-0.39, 0.29) is 11.7 Å². The molecule has 0 unspecified atom stereocenters. The number of hydrogen-bond acceptors (Lipinski definition) is 6. The Morgan fingerprint density at radius 2 is 1.87 bits per heavy atom. The van der Waals surface area contributed by atoms with Crippen molar-refractivity contribution in [2.24, 2.45) is 5.10 Å². The molecule has 0 radical (unpaired) electrons. The molecule has 7 nitrogen and oxygen atoms in total. The zero-order valence-electron chi connectivity index (χ0n) is 16.9. The number of aromatic nitrogens is 3. The molecular formula is C21H22ClN5O2S. The van der Waals surface area contributed by atoms with Crippen molar-refractivity contribution in [3.8, 4) is 17.1 Å². The van der Waals surface area contributed by atoms with Gasteiger partial charge in [0.05, 0.1) is 18.6 Å². The minimum atomic E-state index is -0.218. The number of rotatable bonds is 8. The van der Waals surface area contributed by atoms with Crippen LogP contribution < -0.4 is 10.2 Å². The summed E-state index contributed by atoms with van der Waals surface area (Å²) in [6.07, 6.45) is 0. The van der Waals surface area contributed by atoms with Crippen LogP contribution in [-0.2, 0) is 11.3 Å². The zero-order chi connectivity index (χ0) is 21.5. The van der Waals surface area contributed by atoms with Gasteiger partial charge < -0.3 is 9.30 Å². The Labute approximate surface area is 184 Å². The van der Waals surface area contributed by atoms with E-state index in [0.717, 1.165) is 22.7 Å². The van der Waals surface area contributed by atoms with Gasteiger partial charge in [-0.1, -0.05) is 35.5 Å². The SMILES string of the molecule is CCn1c(SCC(=O)N/N=C(\C)c2ccc(Cl)cc2)nnc1-c1ccc(OC)cc1. The molecule has 156 valence electrons. The van der Waals surface area contributed by atoms with E-state index in [0.29, 0.717) is 22.4 Å². The highest BCUT2D eigenvalue weighted by Crippen LogP contribution is 2.25. The van der Waals surface area contributed by atoms with Gasteiger partial charge in [-0.15, -0.1) is 10.2 Å². The van der Waals surface area contributed by atoms with E-state index in [1.54, 1.807) is 19.2 Å². The number of nitrogens with zero attached hydrogens (tertiary/aromatic N) is 4. The van der Waals surface area contributed by atoms with Crippen LogP contribution in [0.3, 0.4) is 0 Å². The zero-order valence-corrected chi connectivity index (χ0v) is 18.5. The molecule has 0 aliphatic heterocycles. The molecule has 1 heterocycles. The van der Waals surface area contributed by atoms with Crippen molar-refractivity contribution in [1.82, 2.24) is 20.2 Å². The third-order valence-electron chi connectivity index (χ3n) is 4.32. The summed E-state index contributed by atoms with van der Waals surface area (Å²) in [6.45, 7) is 4.53. The number of carbonyl (C=O) groups excluding carboxylic acids is 1. The maximum atomic E-state index is 12.2. The van der Waals surface area contributed by atoms with E-state index in [4.69, 9.17) is 16.3 Å². The lowest BCUT2D eigenvalue weighted by Crippen LogP contribution is -2.21. The van der Waals surface area contributed by atoms with E-state index < -0.39 is 0 Å². The van der Waals surface area contributed by atoms with Gasteiger partial charge in [-0.05, 0) is 55.8 Å². The summed E-state index contributed by atoms with van der Waals surface area (Å²) in [5, 5.41) is 14.0. The molecular weight excluding hydrogens is 422 g/mol. The fourth-order valence-electron chi connectivity index (χ4n) is 2.70. The molecule has 0 atom stereocenters. The van der Waals surface area contributed by atoms with Gasteiger partial charge in [0, 0.05) is 17.1 Å². The van der Waals surface area contributed by atoms with Gasteiger partial charge in [-0.3, -0.25) is 4.79 Å². The van der Waals surface area contributed by atoms with E-state index >= 15 is 0 Å². The standard InChI is InChI=1S/C21H22ClN5O2S/c1-4-27-20(16-7-11-18(29-3)12-8-16)25-26-21(27)30-13-19(28)24-23-14(2)15-5-9-17(22)10-6-15/h5-12H,4,13H2,1-3H3,(H,24,28)/b23-14+. The smallest absolute Gasteiger partial charge is 0.250 e. The molecule has 0 aliphatic rings. The summed E-state index contributed by atoms with van der Waals surface area (Å²) in [6, 6.07) is 14.9. The second-order valence-corrected chi connectivity index (χ2v) is 7.69. The average molecular weight is 444 g/mol. The largest absolute Gasteiger partial charge is 0.497 e. The Morgan fingerprint density at radius 1 is 1.17 bits per heavy atom. The molecule has 2 aromatic carbocycles. The van der Waals surface area contributed by atoms with E-state index in [9.17, 15) is 4.79 Å². The highest BCUT2D eigenvalue weighted by Gasteiger charge is 2.14. The highest BCUT2D eigenvalue weighted by molar-refractivity contribution is 7.99. The van der Waals surface area contributed by atoms with Gasteiger partial charge in [0.2, 0.25) is 0 Å². The van der Waals surface area contributed by atoms with Crippen molar-refractivity contribution in [1.29, 1.82) is 0 Å². The second-order valence-electron chi connectivity index (χ2n) is 6.31. The summed E-state index contributed by atoms with van der Waals surface area (Å²) in [5.74, 6) is 1.49. The van der Waals surface area contributed by atoms with Crippen molar-refractivity contribution in [2.75, 3.05) is 12.9 Å². The van der Waals surface area contributed by atoms with Crippen LogP contribution in [0.2, 0.25) is 5.02 Å². The number of ether oxygens (including phenoxy) is 1. The van der Waals surface area contributed by atoms with Crippen molar-refractivity contribution in [3.05, 3.63) is 59.1 Å². The summed E-state index contributed by atoms with van der Waals surface area (Å²) in [4.78, 5) is 12.2. The molecule has 1 amide bonds. The number of amides is 1. The van der Waals surface area contributed by atoms with Gasteiger partial charge in [-0.25, -0.2) is 5.43 Å². The Morgan fingerprint density at radius 3 is 2.50 bits per heavy atom. The average Bonchev–Trinajstić information content (AvgIpc) is 3.19. The molecule has 0 bridgehead atoms. The molecule has 9 heteroatoms. The molecule has 1 aromatic heterocycles. The van der Waals surface area contributed by atoms with Crippen LogP contribution in [0.25, 0.3) is 11.4 Å². The first-order valence-electron chi connectivity index (χ1n) is 9.31. The predicted molar refractivity (Wildman–Crippen MR) is 120 cm³/mol. The lowest BCUT2D eigenvalue weighted by atomic mass is 10.1. The molecule has 3 rings (SSSR count). The highest BCUT2D eigenvalue weighted by atomic mass is 35.5. The molecule has 0 aliphatic carbocycles. The maximum Gasteiger partial charge on any atom is 0.250 e. The van der Waals surface area contributed by atoms with Gasteiger partial charge in [0.25, 0.3) is 5.91 Å². The third-order valence-corrected chi connectivity index (χ3v) is 5.54. The van der Waals surface area contributed by atoms with Gasteiger partial charge in [0.1, 0.15) is 5.75 Å². The van der Waals surface area contributed by atoms with E-state index in [2.05, 4.69) is 20.7 Å². The first-order valence-corrected chi connectivity index (χ1v) is 10.7. The normalized spacial score (nSPS) is 11.4. The minimum Gasteiger partial charge on any atom is -0.497 e.